The van der Waals surface area contributed by atoms with Crippen LogP contribution in [0.15, 0.2) is 0 Å². The van der Waals surface area contributed by atoms with E-state index in [4.69, 9.17) is 3.83 Å². The van der Waals surface area contributed by atoms with Crippen LogP contribution < -0.4 is 0 Å². The summed E-state index contributed by atoms with van der Waals surface area (Å²) in [7, 11) is 0. The van der Waals surface area contributed by atoms with Gasteiger partial charge < -0.3 is 0 Å². The zero-order chi connectivity index (χ0) is 2.00. The second-order valence-electron chi connectivity index (χ2n) is 0. The number of hydrogen-bond donors (Lipinski definition) is 0. The third-order valence-corrected chi connectivity index (χ3v) is 0. The third kappa shape index (κ3) is 8.82. The fourth-order valence-corrected chi connectivity index (χ4v) is 0. The van der Waals surface area contributed by atoms with Crippen LogP contribution in [0.3, 0.4) is 0 Å². The summed E-state index contributed by atoms with van der Waals surface area (Å²) in [4.78, 5) is 0. The van der Waals surface area contributed by atoms with Crippen LogP contribution in [-0.4, -0.2) is 71.7 Å². The Hall–Kier alpha value is 2.68. The predicted molar refractivity (Wildman–Crippen MR) is 12.2 cm³/mol. The van der Waals surface area contributed by atoms with Gasteiger partial charge in [-0.1, -0.05) is 0 Å². The van der Waals surface area contributed by atoms with Crippen LogP contribution in [0, 0.1) is 0 Å². The first kappa shape index (κ1) is 15.9. The smallest absolute Gasteiger partial charge is 0 e. The quantitative estimate of drug-likeness (QED) is 0.502. The molecule has 0 atom stereocenters. The maximum absolute atomic E-state index is 7.81. The summed E-state index contributed by atoms with van der Waals surface area (Å²) < 4.78 is 7.81. The van der Waals surface area contributed by atoms with E-state index in [1.54, 1.807) is 0 Å². The molecule has 0 rings (SSSR count). The van der Waals surface area contributed by atoms with Crippen molar-refractivity contribution in [3.8, 4) is 0 Å². The average molecular weight is 376 g/mol. The van der Waals surface area contributed by atoms with Gasteiger partial charge in [-0.3, -0.25) is 0 Å². The standard InChI is InChI=1S/Bi.Cu.O.Sr. The molecule has 0 amide bonds. The van der Waals surface area contributed by atoms with Crippen LogP contribution in [-0.2, 0) is 19.8 Å². The molecule has 4 heteroatoms. The molecule has 0 aromatic heterocycles. The Morgan fingerprint density at radius 1 is 1.25 bits per heavy atom. The van der Waals surface area contributed by atoms with Gasteiger partial charge in [0.2, 0.25) is 0 Å². The van der Waals surface area contributed by atoms with E-state index in [1.807, 2.05) is 0 Å². The first-order chi connectivity index (χ1) is 1.00. The molecule has 0 unspecified atom stereocenters. The minimum atomic E-state index is 0. The van der Waals surface area contributed by atoms with Gasteiger partial charge >= 0.3 is 19.8 Å². The third-order valence-electron chi connectivity index (χ3n) is 0. The monoisotopic (exact) mass is 376 g/mol. The zero-order valence-corrected chi connectivity index (χ0v) is 9.76. The molecule has 0 N–H and O–H groups in total. The van der Waals surface area contributed by atoms with Crippen LogP contribution in [0.25, 0.3) is 0 Å². The van der Waals surface area contributed by atoms with Gasteiger partial charge in [-0.05, 0) is 0 Å². The van der Waals surface area contributed by atoms with Crippen molar-refractivity contribution in [3.05, 3.63) is 0 Å². The fourth-order valence-electron chi connectivity index (χ4n) is 0. The van der Waals surface area contributed by atoms with Crippen LogP contribution in [0.4, 0.5) is 0 Å². The second-order valence-corrected chi connectivity index (χ2v) is 0. The van der Waals surface area contributed by atoms with Crippen LogP contribution in [0.2, 0.25) is 0 Å². The van der Waals surface area contributed by atoms with Crippen molar-refractivity contribution in [1.82, 2.24) is 0 Å². The molecule has 0 saturated heterocycles. The first-order valence-corrected chi connectivity index (χ1v) is 0.508. The molecule has 4 heavy (non-hydrogen) atoms. The van der Waals surface area contributed by atoms with Gasteiger partial charge in [-0.25, -0.2) is 0 Å². The summed E-state index contributed by atoms with van der Waals surface area (Å²) in [5.41, 5.74) is 0. The number of hydrogen-bond acceptors (Lipinski definition) is 1. The summed E-state index contributed by atoms with van der Waals surface area (Å²) in [6, 6.07) is 0. The summed E-state index contributed by atoms with van der Waals surface area (Å²) in [5, 5.41) is 0. The van der Waals surface area contributed by atoms with Gasteiger partial charge in [0, 0.05) is 71.7 Å². The summed E-state index contributed by atoms with van der Waals surface area (Å²) >= 11 is 2.94. The van der Waals surface area contributed by atoms with Crippen molar-refractivity contribution in [2.24, 2.45) is 0 Å². The Balaban J connectivity index is -0.00000000500. The van der Waals surface area contributed by atoms with Crippen molar-refractivity contribution < 1.29 is 19.8 Å². The molecule has 0 heterocycles. The minimum absolute atomic E-state index is 0. The summed E-state index contributed by atoms with van der Waals surface area (Å²) in [6.45, 7) is 0. The van der Waals surface area contributed by atoms with Crippen molar-refractivity contribution in [3.63, 3.8) is 0 Å². The van der Waals surface area contributed by atoms with E-state index >= 15 is 0 Å². The zero-order valence-electron chi connectivity index (χ0n) is 1.86. The van der Waals surface area contributed by atoms with Crippen LogP contribution in [0.5, 0.6) is 0 Å². The molecule has 0 aromatic rings. The summed E-state index contributed by atoms with van der Waals surface area (Å²) in [6.07, 6.45) is 0. The molecule has 0 aromatic carbocycles. The predicted octanol–water partition coefficient (Wildman–Crippen LogP) is -0.883. The Labute approximate surface area is 89.3 Å². The minimum Gasteiger partial charge on any atom is 0 e. The largest absolute Gasteiger partial charge is 0 e. The fraction of sp³-hybridized carbons (Fsp3) is 0. The van der Waals surface area contributed by atoms with E-state index in [2.05, 4.69) is 15.9 Å². The number of rotatable bonds is 0. The van der Waals surface area contributed by atoms with E-state index in [1.165, 1.54) is 0 Å². The van der Waals surface area contributed by atoms with E-state index in [0.717, 1.165) is 0 Å². The molecule has 5 radical (unpaired) electrons. The van der Waals surface area contributed by atoms with Crippen molar-refractivity contribution in [1.29, 1.82) is 0 Å². The molecular formula is BiCuOSr. The van der Waals surface area contributed by atoms with Gasteiger partial charge in [-0.15, -0.1) is 0 Å². The Kier molecular flexibility index (Phi) is 68.9. The Morgan fingerprint density at radius 3 is 1.25 bits per heavy atom. The van der Waals surface area contributed by atoms with Crippen LogP contribution >= 0.6 is 0 Å². The van der Waals surface area contributed by atoms with E-state index in [0.29, 0.717) is 0 Å². The van der Waals surface area contributed by atoms with Crippen molar-refractivity contribution in [2.45, 2.75) is 0 Å². The van der Waals surface area contributed by atoms with Gasteiger partial charge in [0.25, 0.3) is 0 Å². The first-order valence-electron chi connectivity index (χ1n) is 0.123. The molecule has 0 saturated carbocycles. The Morgan fingerprint density at radius 2 is 1.25 bits per heavy atom. The average Bonchev–Trinajstić information content (AvgIpc) is 1.00. The molecule has 0 spiro atoms. The Bertz CT molecular complexity index is 8.00. The topological polar surface area (TPSA) is 17.1 Å². The molecule has 0 bridgehead atoms. The maximum atomic E-state index is 7.81. The second kappa shape index (κ2) is 17.3. The van der Waals surface area contributed by atoms with Crippen LogP contribution in [0.1, 0.15) is 0 Å². The molecule has 0 fully saturated rings. The van der Waals surface area contributed by atoms with Gasteiger partial charge in [-0.2, -0.15) is 0 Å². The van der Waals surface area contributed by atoms with Gasteiger partial charge in [0.05, 0.1) is 0 Å². The maximum Gasteiger partial charge on any atom is 0 e. The summed E-state index contributed by atoms with van der Waals surface area (Å²) in [5.74, 6) is 0. The SMILES string of the molecule is [Bi].[O]=[Cu].[Sr]. The molecule has 0 aliphatic heterocycles. The molecule has 0 aliphatic carbocycles. The normalized spacial score (nSPS) is 1.50. The molecule has 24 valence electrons. The van der Waals surface area contributed by atoms with Gasteiger partial charge in [0.1, 0.15) is 0 Å². The van der Waals surface area contributed by atoms with Crippen molar-refractivity contribution in [2.75, 3.05) is 0 Å². The van der Waals surface area contributed by atoms with E-state index in [9.17, 15) is 0 Å². The molecule has 0 aliphatic rings. The van der Waals surface area contributed by atoms with E-state index in [-0.39, 0.29) is 71.7 Å². The van der Waals surface area contributed by atoms with Gasteiger partial charge in [0.15, 0.2) is 0 Å². The van der Waals surface area contributed by atoms with Crippen molar-refractivity contribution >= 4 is 71.7 Å². The van der Waals surface area contributed by atoms with E-state index < -0.39 is 0 Å². The molecular weight excluding hydrogens is 376 g/mol. The molecule has 1 nitrogen and oxygen atoms in total.